The van der Waals surface area contributed by atoms with Crippen molar-refractivity contribution < 1.29 is 22.7 Å². The minimum Gasteiger partial charge on any atom is -0.378 e. The summed E-state index contributed by atoms with van der Waals surface area (Å²) in [4.78, 5) is 20.1. The Morgan fingerprint density at radius 1 is 1.26 bits per heavy atom. The van der Waals surface area contributed by atoms with E-state index in [0.29, 0.717) is 17.3 Å². The molecule has 0 saturated carbocycles. The molecule has 1 aromatic rings. The third-order valence-electron chi connectivity index (χ3n) is 2.66. The maximum atomic E-state index is 12.0. The van der Waals surface area contributed by atoms with E-state index in [-0.39, 0.29) is 18.6 Å². The number of methoxy groups -OCH3 is 1. The first kappa shape index (κ1) is 19.1. The second-order valence-electron chi connectivity index (χ2n) is 6.00. The highest BCUT2D eigenvalue weighted by Crippen LogP contribution is 2.20. The van der Waals surface area contributed by atoms with E-state index in [2.05, 4.69) is 15.3 Å². The molecule has 1 aromatic heterocycles. The summed E-state index contributed by atoms with van der Waals surface area (Å²) in [5.41, 5.74) is 0.296. The van der Waals surface area contributed by atoms with Crippen molar-refractivity contribution in [3.63, 3.8) is 0 Å². The first-order chi connectivity index (χ1) is 10.5. The van der Waals surface area contributed by atoms with Crippen molar-refractivity contribution in [3.8, 4) is 0 Å². The fourth-order valence-corrected chi connectivity index (χ4v) is 1.58. The summed E-state index contributed by atoms with van der Waals surface area (Å²) in [5, 5.41) is 4.49. The van der Waals surface area contributed by atoms with Gasteiger partial charge >= 0.3 is 6.18 Å². The average molecular weight is 334 g/mol. The van der Waals surface area contributed by atoms with Crippen LogP contribution in [0.25, 0.3) is 0 Å². The summed E-state index contributed by atoms with van der Waals surface area (Å²) in [6.07, 6.45) is -4.43. The van der Waals surface area contributed by atoms with Gasteiger partial charge in [0, 0.05) is 18.6 Å². The number of ether oxygens (including phenoxy) is 1. The molecule has 1 amide bonds. The molecule has 0 radical (unpaired) electrons. The van der Waals surface area contributed by atoms with Crippen molar-refractivity contribution in [2.45, 2.75) is 39.0 Å². The van der Waals surface area contributed by atoms with Crippen LogP contribution in [0.3, 0.4) is 0 Å². The summed E-state index contributed by atoms with van der Waals surface area (Å²) < 4.78 is 41.1. The van der Waals surface area contributed by atoms with E-state index in [4.69, 9.17) is 4.74 Å². The first-order valence-electron chi connectivity index (χ1n) is 6.96. The van der Waals surface area contributed by atoms with Gasteiger partial charge in [0.1, 0.15) is 18.2 Å². The van der Waals surface area contributed by atoms with Gasteiger partial charge in [-0.3, -0.25) is 4.79 Å². The molecule has 0 unspecified atom stereocenters. The smallest absolute Gasteiger partial charge is 0.378 e. The van der Waals surface area contributed by atoms with Gasteiger partial charge in [0.2, 0.25) is 5.91 Å². The topological polar surface area (TPSA) is 76.1 Å². The van der Waals surface area contributed by atoms with Gasteiger partial charge in [0.15, 0.2) is 0 Å². The summed E-state index contributed by atoms with van der Waals surface area (Å²) in [5.74, 6) is 0.135. The number of alkyl halides is 3. The maximum Gasteiger partial charge on any atom is 0.405 e. The Morgan fingerprint density at radius 3 is 2.43 bits per heavy atom. The summed E-state index contributed by atoms with van der Waals surface area (Å²) in [6.45, 7) is 4.37. The molecule has 0 spiro atoms. The normalized spacial score (nSPS) is 12.1. The molecule has 0 saturated heterocycles. The van der Waals surface area contributed by atoms with Crippen molar-refractivity contribution >= 4 is 11.7 Å². The van der Waals surface area contributed by atoms with Crippen LogP contribution < -0.4 is 10.6 Å². The first-order valence-corrected chi connectivity index (χ1v) is 6.96. The molecule has 0 fully saturated rings. The summed E-state index contributed by atoms with van der Waals surface area (Å²) in [6, 6.07) is 1.59. The number of amides is 1. The Bertz CT molecular complexity index is 542. The fourth-order valence-electron chi connectivity index (χ4n) is 1.58. The number of anilines is 1. The summed E-state index contributed by atoms with van der Waals surface area (Å²) in [7, 11) is 1.52. The monoisotopic (exact) mass is 334 g/mol. The van der Waals surface area contributed by atoms with Gasteiger partial charge in [-0.05, 0) is 0 Å². The molecular weight excluding hydrogens is 313 g/mol. The largest absolute Gasteiger partial charge is 0.405 e. The maximum absolute atomic E-state index is 12.0. The average Bonchev–Trinajstić information content (AvgIpc) is 2.41. The molecule has 23 heavy (non-hydrogen) atoms. The second kappa shape index (κ2) is 7.58. The standard InChI is InChI=1S/C14H21F3N4O2/c1-13(2,3)12-20-9(7-23-4)5-10(21-12)18-6-11(22)19-8-14(15,16)17/h5H,6-8H2,1-4H3,(H,19,22)(H,18,20,21). The number of hydrogen-bond acceptors (Lipinski definition) is 5. The van der Waals surface area contributed by atoms with E-state index < -0.39 is 18.6 Å². The van der Waals surface area contributed by atoms with Crippen molar-refractivity contribution in [3.05, 3.63) is 17.6 Å². The highest BCUT2D eigenvalue weighted by Gasteiger charge is 2.27. The number of nitrogens with zero attached hydrogens (tertiary/aromatic N) is 2. The lowest BCUT2D eigenvalue weighted by Gasteiger charge is -2.19. The third-order valence-corrected chi connectivity index (χ3v) is 2.66. The van der Waals surface area contributed by atoms with Gasteiger partial charge in [0.05, 0.1) is 18.8 Å². The van der Waals surface area contributed by atoms with Gasteiger partial charge in [-0.1, -0.05) is 20.8 Å². The minimum absolute atomic E-state index is 0.264. The van der Waals surface area contributed by atoms with E-state index >= 15 is 0 Å². The molecule has 2 N–H and O–H groups in total. The van der Waals surface area contributed by atoms with Gasteiger partial charge in [0.25, 0.3) is 0 Å². The number of carbonyl (C=O) groups excluding carboxylic acids is 1. The third kappa shape index (κ3) is 7.27. The quantitative estimate of drug-likeness (QED) is 0.832. The van der Waals surface area contributed by atoms with Crippen LogP contribution in [0.5, 0.6) is 0 Å². The Balaban J connectivity index is 2.75. The molecule has 6 nitrogen and oxygen atoms in total. The van der Waals surface area contributed by atoms with Crippen LogP contribution in [0.1, 0.15) is 32.3 Å². The molecule has 0 aliphatic carbocycles. The molecule has 0 atom stereocenters. The lowest BCUT2D eigenvalue weighted by molar-refractivity contribution is -0.137. The SMILES string of the molecule is COCc1cc(NCC(=O)NCC(F)(F)F)nc(C(C)(C)C)n1. The Labute approximate surface area is 132 Å². The van der Waals surface area contributed by atoms with E-state index in [9.17, 15) is 18.0 Å². The molecular formula is C14H21F3N4O2. The Kier molecular flexibility index (Phi) is 6.31. The van der Waals surface area contributed by atoms with E-state index in [0.717, 1.165) is 0 Å². The molecule has 1 heterocycles. The zero-order valence-electron chi connectivity index (χ0n) is 13.5. The second-order valence-corrected chi connectivity index (χ2v) is 6.00. The van der Waals surface area contributed by atoms with E-state index in [1.54, 1.807) is 11.4 Å². The Morgan fingerprint density at radius 2 is 1.91 bits per heavy atom. The number of aromatic nitrogens is 2. The number of carbonyl (C=O) groups is 1. The molecule has 1 rings (SSSR count). The highest BCUT2D eigenvalue weighted by molar-refractivity contribution is 5.80. The predicted octanol–water partition coefficient (Wildman–Crippen LogP) is 2.01. The molecule has 0 bridgehead atoms. The van der Waals surface area contributed by atoms with Crippen LogP contribution in [0.4, 0.5) is 19.0 Å². The van der Waals surface area contributed by atoms with Gasteiger partial charge < -0.3 is 15.4 Å². The van der Waals surface area contributed by atoms with Crippen LogP contribution in [-0.4, -0.2) is 42.3 Å². The molecule has 9 heteroatoms. The van der Waals surface area contributed by atoms with Crippen LogP contribution >= 0.6 is 0 Å². The van der Waals surface area contributed by atoms with Crippen molar-refractivity contribution in [1.82, 2.24) is 15.3 Å². The zero-order valence-corrected chi connectivity index (χ0v) is 13.5. The van der Waals surface area contributed by atoms with Crippen molar-refractivity contribution in [2.75, 3.05) is 25.5 Å². The molecule has 0 aliphatic heterocycles. The molecule has 0 aliphatic rings. The zero-order chi connectivity index (χ0) is 17.7. The van der Waals surface area contributed by atoms with Gasteiger partial charge in [-0.15, -0.1) is 0 Å². The van der Waals surface area contributed by atoms with Gasteiger partial charge in [-0.25, -0.2) is 9.97 Å². The van der Waals surface area contributed by atoms with Crippen LogP contribution in [0.15, 0.2) is 6.07 Å². The number of hydrogen-bond donors (Lipinski definition) is 2. The van der Waals surface area contributed by atoms with Crippen LogP contribution in [0.2, 0.25) is 0 Å². The molecule has 0 aromatic carbocycles. The number of nitrogens with one attached hydrogen (secondary N) is 2. The lowest BCUT2D eigenvalue weighted by atomic mass is 9.95. The van der Waals surface area contributed by atoms with Gasteiger partial charge in [-0.2, -0.15) is 13.2 Å². The highest BCUT2D eigenvalue weighted by atomic mass is 19.4. The number of halogens is 3. The summed E-state index contributed by atoms with van der Waals surface area (Å²) >= 11 is 0. The minimum atomic E-state index is -4.43. The fraction of sp³-hybridized carbons (Fsp3) is 0.643. The predicted molar refractivity (Wildman–Crippen MR) is 79.0 cm³/mol. The lowest BCUT2D eigenvalue weighted by Crippen LogP contribution is -2.37. The Hall–Kier alpha value is -1.90. The van der Waals surface area contributed by atoms with Crippen LogP contribution in [0, 0.1) is 0 Å². The van der Waals surface area contributed by atoms with Crippen molar-refractivity contribution in [1.29, 1.82) is 0 Å². The molecule has 130 valence electrons. The van der Waals surface area contributed by atoms with Crippen LogP contribution in [-0.2, 0) is 21.6 Å². The van der Waals surface area contributed by atoms with E-state index in [1.165, 1.54) is 7.11 Å². The van der Waals surface area contributed by atoms with Crippen molar-refractivity contribution in [2.24, 2.45) is 0 Å². The number of rotatable bonds is 6. The van der Waals surface area contributed by atoms with E-state index in [1.807, 2.05) is 20.8 Å².